The second-order valence-electron chi connectivity index (χ2n) is 7.40. The number of fused-ring (bicyclic) bond motifs is 1. The Hall–Kier alpha value is -3.13. The SMILES string of the molecule is Cc1nc(C(=O)N2CCCC[C@H]2c2nc3ccccc3s2)nn1-c1ccc(F)cc1. The van der Waals surface area contributed by atoms with E-state index in [0.29, 0.717) is 18.1 Å². The van der Waals surface area contributed by atoms with Crippen LogP contribution in [0, 0.1) is 12.7 Å². The molecule has 1 aliphatic heterocycles. The van der Waals surface area contributed by atoms with Crippen LogP contribution in [-0.2, 0) is 0 Å². The Morgan fingerprint density at radius 3 is 2.70 bits per heavy atom. The normalized spacial score (nSPS) is 16.9. The first-order valence-electron chi connectivity index (χ1n) is 9.96. The molecule has 4 aromatic rings. The summed E-state index contributed by atoms with van der Waals surface area (Å²) in [5.74, 6) is 0.228. The molecule has 1 fully saturated rings. The topological polar surface area (TPSA) is 63.9 Å². The number of nitrogens with zero attached hydrogens (tertiary/aromatic N) is 5. The van der Waals surface area contributed by atoms with Crippen LogP contribution in [0.1, 0.15) is 46.8 Å². The molecule has 30 heavy (non-hydrogen) atoms. The molecule has 0 spiro atoms. The molecular formula is C22H20FN5OS. The number of amides is 1. The number of aryl methyl sites for hydroxylation is 1. The standard InChI is InChI=1S/C22H20FN5OS/c1-14-24-20(26-28(14)16-11-9-15(23)10-12-16)22(29)27-13-5-4-7-18(27)21-25-17-6-2-3-8-19(17)30-21/h2-3,6,8-12,18H,4-5,7,13H2,1H3/t18-/m0/s1. The van der Waals surface area contributed by atoms with Crippen LogP contribution in [-0.4, -0.2) is 37.1 Å². The van der Waals surface area contributed by atoms with Crippen LogP contribution in [0.3, 0.4) is 0 Å². The molecule has 2 aromatic carbocycles. The van der Waals surface area contributed by atoms with Crippen molar-refractivity contribution in [3.8, 4) is 5.69 Å². The fourth-order valence-electron chi connectivity index (χ4n) is 3.90. The van der Waals surface area contributed by atoms with E-state index in [9.17, 15) is 9.18 Å². The van der Waals surface area contributed by atoms with Crippen molar-refractivity contribution in [2.45, 2.75) is 32.2 Å². The summed E-state index contributed by atoms with van der Waals surface area (Å²) in [5.41, 5.74) is 1.63. The molecule has 0 radical (unpaired) electrons. The van der Waals surface area contributed by atoms with Gasteiger partial charge in [-0.25, -0.2) is 19.0 Å². The minimum atomic E-state index is -0.320. The molecule has 3 heterocycles. The largest absolute Gasteiger partial charge is 0.326 e. The maximum atomic E-state index is 13.4. The van der Waals surface area contributed by atoms with E-state index in [2.05, 4.69) is 16.1 Å². The summed E-state index contributed by atoms with van der Waals surface area (Å²) in [6.07, 6.45) is 2.88. The van der Waals surface area contributed by atoms with Crippen LogP contribution in [0.4, 0.5) is 4.39 Å². The molecule has 0 unspecified atom stereocenters. The molecule has 1 atom stereocenters. The minimum Gasteiger partial charge on any atom is -0.326 e. The lowest BCUT2D eigenvalue weighted by atomic mass is 10.0. The van der Waals surface area contributed by atoms with Crippen molar-refractivity contribution in [3.05, 3.63) is 71.0 Å². The Labute approximate surface area is 177 Å². The molecule has 0 aliphatic carbocycles. The zero-order valence-corrected chi connectivity index (χ0v) is 17.3. The number of halogens is 1. The van der Waals surface area contributed by atoms with E-state index in [-0.39, 0.29) is 23.6 Å². The molecule has 0 saturated carbocycles. The number of hydrogen-bond donors (Lipinski definition) is 0. The lowest BCUT2D eigenvalue weighted by Gasteiger charge is -2.33. The van der Waals surface area contributed by atoms with Gasteiger partial charge in [-0.1, -0.05) is 12.1 Å². The number of aromatic nitrogens is 4. The molecule has 2 aromatic heterocycles. The summed E-state index contributed by atoms with van der Waals surface area (Å²) >= 11 is 1.64. The van der Waals surface area contributed by atoms with Gasteiger partial charge in [-0.3, -0.25) is 4.79 Å². The number of thiazole rings is 1. The van der Waals surface area contributed by atoms with Crippen LogP contribution < -0.4 is 0 Å². The minimum absolute atomic E-state index is 0.0678. The van der Waals surface area contributed by atoms with Crippen molar-refractivity contribution in [2.24, 2.45) is 0 Å². The summed E-state index contributed by atoms with van der Waals surface area (Å²) in [5, 5.41) is 5.39. The van der Waals surface area contributed by atoms with Gasteiger partial charge in [-0.15, -0.1) is 16.4 Å². The zero-order valence-electron chi connectivity index (χ0n) is 16.5. The van der Waals surface area contributed by atoms with Gasteiger partial charge in [0.15, 0.2) is 0 Å². The summed E-state index contributed by atoms with van der Waals surface area (Å²) < 4.78 is 15.9. The fourth-order valence-corrected chi connectivity index (χ4v) is 5.02. The highest BCUT2D eigenvalue weighted by Gasteiger charge is 2.33. The first kappa shape index (κ1) is 18.9. The van der Waals surface area contributed by atoms with Crippen molar-refractivity contribution in [2.75, 3.05) is 6.54 Å². The van der Waals surface area contributed by atoms with E-state index < -0.39 is 0 Å². The molecule has 1 aliphatic rings. The molecule has 8 heteroatoms. The maximum absolute atomic E-state index is 13.4. The Morgan fingerprint density at radius 2 is 1.90 bits per heavy atom. The molecule has 1 saturated heterocycles. The van der Waals surface area contributed by atoms with E-state index >= 15 is 0 Å². The zero-order chi connectivity index (χ0) is 20.7. The molecule has 1 amide bonds. The van der Waals surface area contributed by atoms with Crippen LogP contribution in [0.2, 0.25) is 0 Å². The molecular weight excluding hydrogens is 401 g/mol. The first-order valence-corrected chi connectivity index (χ1v) is 10.8. The van der Waals surface area contributed by atoms with Gasteiger partial charge >= 0.3 is 0 Å². The number of piperidine rings is 1. The Morgan fingerprint density at radius 1 is 1.10 bits per heavy atom. The van der Waals surface area contributed by atoms with Gasteiger partial charge in [0.25, 0.3) is 5.91 Å². The van der Waals surface area contributed by atoms with Crippen LogP contribution in [0.15, 0.2) is 48.5 Å². The highest BCUT2D eigenvalue weighted by atomic mass is 32.1. The van der Waals surface area contributed by atoms with Crippen LogP contribution in [0.25, 0.3) is 15.9 Å². The molecule has 5 rings (SSSR count). The van der Waals surface area contributed by atoms with Crippen molar-refractivity contribution in [1.29, 1.82) is 0 Å². The van der Waals surface area contributed by atoms with Gasteiger partial charge < -0.3 is 4.90 Å². The number of hydrogen-bond acceptors (Lipinski definition) is 5. The highest BCUT2D eigenvalue weighted by Crippen LogP contribution is 2.36. The second-order valence-corrected chi connectivity index (χ2v) is 8.46. The van der Waals surface area contributed by atoms with Gasteiger partial charge in [0.05, 0.1) is 21.9 Å². The van der Waals surface area contributed by atoms with Gasteiger partial charge in [-0.05, 0) is 62.6 Å². The molecule has 6 nitrogen and oxygen atoms in total. The summed E-state index contributed by atoms with van der Waals surface area (Å²) in [7, 11) is 0. The van der Waals surface area contributed by atoms with E-state index in [1.54, 1.807) is 35.1 Å². The predicted molar refractivity (Wildman–Crippen MR) is 113 cm³/mol. The number of para-hydroxylation sites is 1. The summed E-state index contributed by atoms with van der Waals surface area (Å²) in [6.45, 7) is 2.44. The smallest absolute Gasteiger partial charge is 0.294 e. The summed E-state index contributed by atoms with van der Waals surface area (Å²) in [4.78, 5) is 24.4. The van der Waals surface area contributed by atoms with Gasteiger partial charge in [-0.2, -0.15) is 0 Å². The number of likely N-dealkylation sites (tertiary alicyclic amines) is 1. The van der Waals surface area contributed by atoms with Gasteiger partial charge in [0.2, 0.25) is 5.82 Å². The number of carbonyl (C=O) groups is 1. The monoisotopic (exact) mass is 421 g/mol. The number of carbonyl (C=O) groups excluding carboxylic acids is 1. The van der Waals surface area contributed by atoms with E-state index in [1.165, 1.54) is 12.1 Å². The Bertz CT molecular complexity index is 1180. The predicted octanol–water partition coefficient (Wildman–Crippen LogP) is 4.69. The van der Waals surface area contributed by atoms with Crippen molar-refractivity contribution in [3.63, 3.8) is 0 Å². The average Bonchev–Trinajstić information content (AvgIpc) is 3.37. The lowest BCUT2D eigenvalue weighted by molar-refractivity contribution is 0.0598. The highest BCUT2D eigenvalue weighted by molar-refractivity contribution is 7.18. The molecule has 0 N–H and O–H groups in total. The lowest BCUT2D eigenvalue weighted by Crippen LogP contribution is -2.39. The average molecular weight is 422 g/mol. The Balaban J connectivity index is 1.46. The maximum Gasteiger partial charge on any atom is 0.294 e. The van der Waals surface area contributed by atoms with Crippen LogP contribution >= 0.6 is 11.3 Å². The Kier molecular flexibility index (Phi) is 4.78. The summed E-state index contributed by atoms with van der Waals surface area (Å²) in [6, 6.07) is 13.9. The second kappa shape index (κ2) is 7.60. The van der Waals surface area contributed by atoms with E-state index in [1.807, 2.05) is 23.1 Å². The van der Waals surface area contributed by atoms with Gasteiger partial charge in [0.1, 0.15) is 16.6 Å². The third-order valence-corrected chi connectivity index (χ3v) is 6.53. The van der Waals surface area contributed by atoms with Crippen LogP contribution in [0.5, 0.6) is 0 Å². The number of rotatable bonds is 3. The van der Waals surface area contributed by atoms with Crippen molar-refractivity contribution >= 4 is 27.5 Å². The quantitative estimate of drug-likeness (QED) is 0.481. The third kappa shape index (κ3) is 3.37. The van der Waals surface area contributed by atoms with E-state index in [4.69, 9.17) is 4.98 Å². The van der Waals surface area contributed by atoms with E-state index in [0.717, 1.165) is 34.5 Å². The van der Waals surface area contributed by atoms with Crippen molar-refractivity contribution < 1.29 is 9.18 Å². The van der Waals surface area contributed by atoms with Crippen molar-refractivity contribution in [1.82, 2.24) is 24.6 Å². The first-order chi connectivity index (χ1) is 14.6. The molecule has 152 valence electrons. The third-order valence-electron chi connectivity index (χ3n) is 5.39. The van der Waals surface area contributed by atoms with Gasteiger partial charge in [0, 0.05) is 6.54 Å². The molecule has 0 bridgehead atoms. The fraction of sp³-hybridized carbons (Fsp3) is 0.273. The number of benzene rings is 2.